The maximum atomic E-state index is 13.5. The molecule has 0 aliphatic carbocycles. The summed E-state index contributed by atoms with van der Waals surface area (Å²) in [6.45, 7) is -0.554. The summed E-state index contributed by atoms with van der Waals surface area (Å²) >= 11 is 5.91. The van der Waals surface area contributed by atoms with Crippen LogP contribution < -0.4 is 4.90 Å². The van der Waals surface area contributed by atoms with Gasteiger partial charge in [0.05, 0.1) is 24.4 Å². The van der Waals surface area contributed by atoms with Gasteiger partial charge in [-0.05, 0) is 55.5 Å². The second kappa shape index (κ2) is 7.58. The molecule has 8 heteroatoms. The number of pyridine rings is 1. The number of aromatic nitrogens is 1. The molecule has 1 heterocycles. The zero-order valence-electron chi connectivity index (χ0n) is 14.9. The number of hydrogen-bond donors (Lipinski definition) is 2. The van der Waals surface area contributed by atoms with Gasteiger partial charge < -0.3 is 15.1 Å². The maximum absolute atomic E-state index is 13.5. The summed E-state index contributed by atoms with van der Waals surface area (Å²) in [5.74, 6) is 0. The molecule has 1 aromatic heterocycles. The van der Waals surface area contributed by atoms with Crippen molar-refractivity contribution < 1.29 is 23.4 Å². The molecule has 1 unspecified atom stereocenters. The van der Waals surface area contributed by atoms with Crippen LogP contribution >= 0.6 is 11.6 Å². The molecule has 2 aromatic carbocycles. The van der Waals surface area contributed by atoms with Crippen LogP contribution in [0, 0.1) is 6.92 Å². The minimum Gasteiger partial charge on any atom is -0.393 e. The van der Waals surface area contributed by atoms with Crippen molar-refractivity contribution in [3.8, 4) is 0 Å². The number of hydrogen-bond acceptors (Lipinski definition) is 4. The third-order valence-corrected chi connectivity index (χ3v) is 4.74. The van der Waals surface area contributed by atoms with Crippen molar-refractivity contribution in [1.29, 1.82) is 0 Å². The molecule has 3 rings (SSSR count). The molecule has 0 aliphatic heterocycles. The molecule has 0 fully saturated rings. The number of aliphatic hydroxyl groups is 2. The maximum Gasteiger partial charge on any atom is 0.421 e. The number of aliphatic hydroxyl groups excluding tert-OH is 1. The van der Waals surface area contributed by atoms with Crippen LogP contribution in [0.25, 0.3) is 10.9 Å². The Bertz CT molecular complexity index is 979. The van der Waals surface area contributed by atoms with Gasteiger partial charge in [-0.2, -0.15) is 13.2 Å². The number of anilines is 2. The molecule has 1 atom stereocenters. The van der Waals surface area contributed by atoms with Gasteiger partial charge in [0, 0.05) is 21.8 Å². The number of benzene rings is 2. The molecule has 0 spiro atoms. The molecule has 148 valence electrons. The lowest BCUT2D eigenvalue weighted by Gasteiger charge is -2.36. The number of rotatable bonds is 5. The van der Waals surface area contributed by atoms with Crippen molar-refractivity contribution in [2.24, 2.45) is 0 Å². The van der Waals surface area contributed by atoms with Gasteiger partial charge in [0.15, 0.2) is 0 Å². The average Bonchev–Trinajstić information content (AvgIpc) is 2.65. The Hall–Kier alpha value is -2.35. The Balaban J connectivity index is 2.19. The fourth-order valence-electron chi connectivity index (χ4n) is 2.90. The first-order chi connectivity index (χ1) is 13.1. The van der Waals surface area contributed by atoms with Crippen molar-refractivity contribution in [3.63, 3.8) is 0 Å². The molecule has 0 saturated carbocycles. The van der Waals surface area contributed by atoms with Crippen LogP contribution in [0.4, 0.5) is 24.5 Å². The molecule has 2 N–H and O–H groups in total. The first-order valence-electron chi connectivity index (χ1n) is 8.44. The molecule has 0 amide bonds. The van der Waals surface area contributed by atoms with E-state index in [4.69, 9.17) is 11.6 Å². The third kappa shape index (κ3) is 3.92. The molecule has 0 bridgehead atoms. The van der Waals surface area contributed by atoms with Gasteiger partial charge in [0.2, 0.25) is 5.60 Å². The van der Waals surface area contributed by atoms with E-state index in [0.29, 0.717) is 27.3 Å². The summed E-state index contributed by atoms with van der Waals surface area (Å²) in [7, 11) is 0. The molecule has 4 nitrogen and oxygen atoms in total. The molecule has 0 radical (unpaired) electrons. The van der Waals surface area contributed by atoms with Crippen molar-refractivity contribution in [2.75, 3.05) is 18.1 Å². The van der Waals surface area contributed by atoms with Crippen molar-refractivity contribution in [2.45, 2.75) is 18.7 Å². The van der Waals surface area contributed by atoms with E-state index in [9.17, 15) is 23.4 Å². The van der Waals surface area contributed by atoms with Gasteiger partial charge in [-0.1, -0.05) is 17.7 Å². The number of fused-ring (bicyclic) bond motifs is 1. The van der Waals surface area contributed by atoms with E-state index < -0.39 is 24.9 Å². The Morgan fingerprint density at radius 1 is 1.04 bits per heavy atom. The van der Waals surface area contributed by atoms with Crippen LogP contribution in [0.1, 0.15) is 5.69 Å². The largest absolute Gasteiger partial charge is 0.421 e. The molecular weight excluding hydrogens is 393 g/mol. The van der Waals surface area contributed by atoms with Crippen LogP contribution in [0.2, 0.25) is 5.02 Å². The fourth-order valence-corrected chi connectivity index (χ4v) is 3.03. The normalized spacial score (nSPS) is 14.1. The topological polar surface area (TPSA) is 56.6 Å². The van der Waals surface area contributed by atoms with Crippen LogP contribution in [0.5, 0.6) is 0 Å². The summed E-state index contributed by atoms with van der Waals surface area (Å²) in [6.07, 6.45) is -5.02. The van der Waals surface area contributed by atoms with Crippen LogP contribution in [0.15, 0.2) is 54.6 Å². The third-order valence-electron chi connectivity index (χ3n) is 4.49. The molecule has 3 aromatic rings. The Labute approximate surface area is 164 Å². The van der Waals surface area contributed by atoms with E-state index in [-0.39, 0.29) is 0 Å². The minimum absolute atomic E-state index is 0.383. The SMILES string of the molecule is Cc1ccc2c(N(CC(O)(CO)C(F)(F)F)c3ccc(Cl)cc3)cccc2n1. The lowest BCUT2D eigenvalue weighted by Crippen LogP contribution is -2.55. The standard InChI is InChI=1S/C20H18ClF3N2O2/c1-13-5-10-16-17(25-13)3-2-4-18(16)26(15-8-6-14(21)7-9-15)11-19(28,12-27)20(22,23)24/h2-10,27-28H,11-12H2,1H3. The van der Waals surface area contributed by atoms with Crippen LogP contribution in [0.3, 0.4) is 0 Å². The average molecular weight is 411 g/mol. The first kappa shape index (κ1) is 20.4. The summed E-state index contributed by atoms with van der Waals surface area (Å²) < 4.78 is 40.4. The van der Waals surface area contributed by atoms with E-state index in [2.05, 4.69) is 4.98 Å². The highest BCUT2D eigenvalue weighted by atomic mass is 35.5. The monoisotopic (exact) mass is 410 g/mol. The summed E-state index contributed by atoms with van der Waals surface area (Å²) in [5.41, 5.74) is -1.13. The Kier molecular flexibility index (Phi) is 5.52. The van der Waals surface area contributed by atoms with Crippen LogP contribution in [-0.2, 0) is 0 Å². The number of nitrogens with zero attached hydrogens (tertiary/aromatic N) is 2. The lowest BCUT2D eigenvalue weighted by atomic mass is 10.0. The predicted octanol–water partition coefficient (Wildman–Crippen LogP) is 4.62. The van der Waals surface area contributed by atoms with Crippen LogP contribution in [-0.4, -0.2) is 40.1 Å². The quantitative estimate of drug-likeness (QED) is 0.644. The zero-order chi connectivity index (χ0) is 20.5. The first-order valence-corrected chi connectivity index (χ1v) is 8.82. The molecular formula is C20H18ClF3N2O2. The van der Waals surface area contributed by atoms with E-state index in [1.54, 1.807) is 54.6 Å². The van der Waals surface area contributed by atoms with Gasteiger partial charge >= 0.3 is 6.18 Å². The smallest absolute Gasteiger partial charge is 0.393 e. The Morgan fingerprint density at radius 2 is 1.71 bits per heavy atom. The van der Waals surface area contributed by atoms with Gasteiger partial charge in [-0.15, -0.1) is 0 Å². The van der Waals surface area contributed by atoms with Gasteiger partial charge in [-0.25, -0.2) is 0 Å². The highest BCUT2D eigenvalue weighted by Crippen LogP contribution is 2.38. The van der Waals surface area contributed by atoms with Gasteiger partial charge in [0.25, 0.3) is 0 Å². The summed E-state index contributed by atoms with van der Waals surface area (Å²) in [5, 5.41) is 20.5. The summed E-state index contributed by atoms with van der Waals surface area (Å²) in [6, 6.07) is 14.8. The fraction of sp³-hybridized carbons (Fsp3) is 0.250. The predicted molar refractivity (Wildman–Crippen MR) is 103 cm³/mol. The van der Waals surface area contributed by atoms with Gasteiger partial charge in [0.1, 0.15) is 0 Å². The highest BCUT2D eigenvalue weighted by Gasteiger charge is 2.54. The second-order valence-electron chi connectivity index (χ2n) is 6.55. The Morgan fingerprint density at radius 3 is 2.32 bits per heavy atom. The second-order valence-corrected chi connectivity index (χ2v) is 6.98. The summed E-state index contributed by atoms with van der Waals surface area (Å²) in [4.78, 5) is 5.71. The number of halogens is 4. The van der Waals surface area contributed by atoms with E-state index in [1.807, 2.05) is 6.92 Å². The molecule has 0 aliphatic rings. The van der Waals surface area contributed by atoms with Crippen molar-refractivity contribution in [1.82, 2.24) is 4.98 Å². The van der Waals surface area contributed by atoms with E-state index in [1.165, 1.54) is 4.90 Å². The lowest BCUT2D eigenvalue weighted by molar-refractivity contribution is -0.266. The van der Waals surface area contributed by atoms with E-state index in [0.717, 1.165) is 5.69 Å². The van der Waals surface area contributed by atoms with Crippen molar-refractivity contribution >= 4 is 33.9 Å². The van der Waals surface area contributed by atoms with Crippen molar-refractivity contribution in [3.05, 3.63) is 65.3 Å². The highest BCUT2D eigenvalue weighted by molar-refractivity contribution is 6.30. The number of aryl methyl sites for hydroxylation is 1. The number of alkyl halides is 3. The zero-order valence-corrected chi connectivity index (χ0v) is 15.7. The van der Waals surface area contributed by atoms with E-state index >= 15 is 0 Å². The molecule has 0 saturated heterocycles. The van der Waals surface area contributed by atoms with Gasteiger partial charge in [-0.3, -0.25) is 4.98 Å². The minimum atomic E-state index is -5.02. The molecule has 28 heavy (non-hydrogen) atoms.